The molecular formula is C14H25NO2. The van der Waals surface area contributed by atoms with Gasteiger partial charge in [0.15, 0.2) is 0 Å². The molecule has 0 atom stereocenters. The SMILES string of the molecule is CC(C)CCCN(C)C(=O)C1CCC(=O)CC1. The van der Waals surface area contributed by atoms with E-state index in [1.165, 1.54) is 6.42 Å². The molecule has 1 fully saturated rings. The second-order valence-electron chi connectivity index (χ2n) is 5.61. The van der Waals surface area contributed by atoms with Crippen molar-refractivity contribution in [1.29, 1.82) is 0 Å². The predicted octanol–water partition coefficient (Wildman–Crippen LogP) is 2.64. The first-order chi connectivity index (χ1) is 8.00. The van der Waals surface area contributed by atoms with Gasteiger partial charge < -0.3 is 4.90 Å². The Labute approximate surface area is 105 Å². The molecule has 3 nitrogen and oxygen atoms in total. The topological polar surface area (TPSA) is 37.4 Å². The van der Waals surface area contributed by atoms with Gasteiger partial charge in [0.2, 0.25) is 5.91 Å². The van der Waals surface area contributed by atoms with Crippen LogP contribution in [0.1, 0.15) is 52.4 Å². The van der Waals surface area contributed by atoms with Gasteiger partial charge in [-0.3, -0.25) is 9.59 Å². The van der Waals surface area contributed by atoms with Crippen molar-refractivity contribution in [1.82, 2.24) is 4.90 Å². The Bertz CT molecular complexity index is 263. The fourth-order valence-electron chi connectivity index (χ4n) is 2.35. The molecule has 0 unspecified atom stereocenters. The lowest BCUT2D eigenvalue weighted by Gasteiger charge is -2.26. The van der Waals surface area contributed by atoms with E-state index in [0.29, 0.717) is 24.5 Å². The quantitative estimate of drug-likeness (QED) is 0.739. The molecule has 0 saturated heterocycles. The Hall–Kier alpha value is -0.860. The highest BCUT2D eigenvalue weighted by molar-refractivity contribution is 5.84. The van der Waals surface area contributed by atoms with Crippen LogP contribution in [0.5, 0.6) is 0 Å². The van der Waals surface area contributed by atoms with Gasteiger partial charge in [-0.05, 0) is 31.6 Å². The summed E-state index contributed by atoms with van der Waals surface area (Å²) >= 11 is 0. The van der Waals surface area contributed by atoms with Gasteiger partial charge in [0.1, 0.15) is 5.78 Å². The van der Waals surface area contributed by atoms with Gasteiger partial charge in [0.05, 0.1) is 0 Å². The van der Waals surface area contributed by atoms with Crippen LogP contribution in [0.3, 0.4) is 0 Å². The van der Waals surface area contributed by atoms with E-state index in [9.17, 15) is 9.59 Å². The molecule has 0 aliphatic heterocycles. The van der Waals surface area contributed by atoms with Gasteiger partial charge in [-0.15, -0.1) is 0 Å². The summed E-state index contributed by atoms with van der Waals surface area (Å²) in [5.74, 6) is 1.35. The highest BCUT2D eigenvalue weighted by Crippen LogP contribution is 2.23. The maximum Gasteiger partial charge on any atom is 0.225 e. The number of rotatable bonds is 5. The Balaban J connectivity index is 2.28. The standard InChI is InChI=1S/C14H25NO2/c1-11(2)5-4-10-15(3)14(17)12-6-8-13(16)9-7-12/h11-12H,4-10H2,1-3H3. The van der Waals surface area contributed by atoms with Crippen molar-refractivity contribution in [2.24, 2.45) is 11.8 Å². The molecule has 0 spiro atoms. The summed E-state index contributed by atoms with van der Waals surface area (Å²) in [7, 11) is 1.89. The molecule has 1 aliphatic carbocycles. The van der Waals surface area contributed by atoms with Crippen LogP contribution < -0.4 is 0 Å². The third kappa shape index (κ3) is 4.88. The van der Waals surface area contributed by atoms with Crippen LogP contribution in [0.15, 0.2) is 0 Å². The molecule has 1 amide bonds. The van der Waals surface area contributed by atoms with Crippen LogP contribution in [-0.2, 0) is 9.59 Å². The highest BCUT2D eigenvalue weighted by atomic mass is 16.2. The lowest BCUT2D eigenvalue weighted by Crippen LogP contribution is -2.35. The maximum absolute atomic E-state index is 12.1. The summed E-state index contributed by atoms with van der Waals surface area (Å²) in [6.45, 7) is 5.25. The van der Waals surface area contributed by atoms with Crippen molar-refractivity contribution in [3.8, 4) is 0 Å². The minimum absolute atomic E-state index is 0.0942. The Morgan fingerprint density at radius 3 is 2.47 bits per heavy atom. The molecule has 0 aromatic rings. The van der Waals surface area contributed by atoms with Gasteiger partial charge >= 0.3 is 0 Å². The summed E-state index contributed by atoms with van der Waals surface area (Å²) < 4.78 is 0. The fraction of sp³-hybridized carbons (Fsp3) is 0.857. The minimum Gasteiger partial charge on any atom is -0.346 e. The molecule has 1 rings (SSSR count). The monoisotopic (exact) mass is 239 g/mol. The summed E-state index contributed by atoms with van der Waals surface area (Å²) in [5, 5.41) is 0. The summed E-state index contributed by atoms with van der Waals surface area (Å²) in [4.78, 5) is 25.1. The average molecular weight is 239 g/mol. The number of hydrogen-bond acceptors (Lipinski definition) is 2. The normalized spacial score (nSPS) is 17.5. The molecule has 0 heterocycles. The lowest BCUT2D eigenvalue weighted by atomic mass is 9.87. The second-order valence-corrected chi connectivity index (χ2v) is 5.61. The number of ketones is 1. The predicted molar refractivity (Wildman–Crippen MR) is 68.7 cm³/mol. The fourth-order valence-corrected chi connectivity index (χ4v) is 2.35. The summed E-state index contributed by atoms with van der Waals surface area (Å²) in [6, 6.07) is 0. The van der Waals surface area contributed by atoms with Crippen LogP contribution in [0.25, 0.3) is 0 Å². The first kappa shape index (κ1) is 14.2. The van der Waals surface area contributed by atoms with Gasteiger partial charge in [0, 0.05) is 32.4 Å². The van der Waals surface area contributed by atoms with Crippen molar-refractivity contribution in [3.05, 3.63) is 0 Å². The molecule has 3 heteroatoms. The van der Waals surface area contributed by atoms with E-state index in [1.54, 1.807) is 0 Å². The van der Waals surface area contributed by atoms with Crippen molar-refractivity contribution >= 4 is 11.7 Å². The van der Waals surface area contributed by atoms with Crippen LogP contribution in [0.4, 0.5) is 0 Å². The van der Waals surface area contributed by atoms with E-state index in [-0.39, 0.29) is 11.8 Å². The van der Waals surface area contributed by atoms with E-state index in [4.69, 9.17) is 0 Å². The van der Waals surface area contributed by atoms with Crippen LogP contribution >= 0.6 is 0 Å². The van der Waals surface area contributed by atoms with E-state index in [0.717, 1.165) is 25.8 Å². The zero-order valence-electron chi connectivity index (χ0n) is 11.4. The zero-order valence-corrected chi connectivity index (χ0v) is 11.4. The molecule has 0 bridgehead atoms. The number of carbonyl (C=O) groups excluding carboxylic acids is 2. The van der Waals surface area contributed by atoms with Crippen molar-refractivity contribution in [2.45, 2.75) is 52.4 Å². The third-order valence-corrected chi connectivity index (χ3v) is 3.54. The Morgan fingerprint density at radius 1 is 1.35 bits per heavy atom. The Morgan fingerprint density at radius 2 is 1.94 bits per heavy atom. The number of amides is 1. The van der Waals surface area contributed by atoms with Gasteiger partial charge in [-0.1, -0.05) is 13.8 Å². The molecule has 0 aromatic carbocycles. The van der Waals surface area contributed by atoms with Gasteiger partial charge in [-0.2, -0.15) is 0 Å². The van der Waals surface area contributed by atoms with E-state index in [2.05, 4.69) is 13.8 Å². The van der Waals surface area contributed by atoms with E-state index in [1.807, 2.05) is 11.9 Å². The largest absolute Gasteiger partial charge is 0.346 e. The maximum atomic E-state index is 12.1. The van der Waals surface area contributed by atoms with Crippen molar-refractivity contribution < 1.29 is 9.59 Å². The van der Waals surface area contributed by atoms with Crippen molar-refractivity contribution in [3.63, 3.8) is 0 Å². The van der Waals surface area contributed by atoms with Crippen LogP contribution in [0, 0.1) is 11.8 Å². The second kappa shape index (κ2) is 6.77. The van der Waals surface area contributed by atoms with Gasteiger partial charge in [0.25, 0.3) is 0 Å². The Kier molecular flexibility index (Phi) is 5.66. The minimum atomic E-state index is 0.0942. The molecule has 0 radical (unpaired) electrons. The average Bonchev–Trinajstić information content (AvgIpc) is 2.28. The number of hydrogen-bond donors (Lipinski definition) is 0. The summed E-state index contributed by atoms with van der Waals surface area (Å²) in [6.07, 6.45) is 4.94. The van der Waals surface area contributed by atoms with E-state index < -0.39 is 0 Å². The third-order valence-electron chi connectivity index (χ3n) is 3.54. The number of nitrogens with zero attached hydrogens (tertiary/aromatic N) is 1. The number of carbonyl (C=O) groups is 2. The first-order valence-electron chi connectivity index (χ1n) is 6.77. The summed E-state index contributed by atoms with van der Waals surface area (Å²) in [5.41, 5.74) is 0. The molecule has 17 heavy (non-hydrogen) atoms. The number of Topliss-reactive ketones (excluding diaryl/α,β-unsaturated/α-hetero) is 1. The van der Waals surface area contributed by atoms with Gasteiger partial charge in [-0.25, -0.2) is 0 Å². The lowest BCUT2D eigenvalue weighted by molar-refractivity contribution is -0.136. The molecule has 1 saturated carbocycles. The van der Waals surface area contributed by atoms with Crippen LogP contribution in [-0.4, -0.2) is 30.2 Å². The zero-order chi connectivity index (χ0) is 12.8. The molecule has 98 valence electrons. The molecular weight excluding hydrogens is 214 g/mol. The molecule has 1 aliphatic rings. The van der Waals surface area contributed by atoms with E-state index >= 15 is 0 Å². The first-order valence-corrected chi connectivity index (χ1v) is 6.77. The molecule has 0 N–H and O–H groups in total. The molecule has 0 aromatic heterocycles. The highest BCUT2D eigenvalue weighted by Gasteiger charge is 2.26. The van der Waals surface area contributed by atoms with Crippen LogP contribution in [0.2, 0.25) is 0 Å². The smallest absolute Gasteiger partial charge is 0.225 e. The van der Waals surface area contributed by atoms with Crippen molar-refractivity contribution in [2.75, 3.05) is 13.6 Å².